The van der Waals surface area contributed by atoms with Gasteiger partial charge < -0.3 is 0 Å². The molecule has 0 saturated carbocycles. The number of hydrogen-bond donors (Lipinski definition) is 0. The van der Waals surface area contributed by atoms with E-state index >= 15 is 0 Å². The van der Waals surface area contributed by atoms with Gasteiger partial charge in [0.2, 0.25) is 0 Å². The molecule has 0 fully saturated rings. The summed E-state index contributed by atoms with van der Waals surface area (Å²) in [5.74, 6) is 0. The van der Waals surface area contributed by atoms with Crippen LogP contribution in [0, 0.1) is 0 Å². The Bertz CT molecular complexity index is 2040. The van der Waals surface area contributed by atoms with Crippen LogP contribution in [0.4, 0.5) is 0 Å². The smallest absolute Gasteiger partial charge is 0.0759 e. The van der Waals surface area contributed by atoms with Gasteiger partial charge >= 0.3 is 0 Å². The Morgan fingerprint density at radius 3 is 0.873 bits per heavy atom. The monoisotopic (exact) mass is 930 g/mol. The van der Waals surface area contributed by atoms with E-state index in [2.05, 4.69) is 219 Å². The first kappa shape index (κ1) is 45.1. The standard InChI is InChI=1S/2C26H35Si.Hf/c2*1-25(2,3)22-14-21(15-23(17-22)26(4,5)6)19-12-18-10-11-24(27(7,8)9)16-20(18)13-19;/h2*10-17H,1-9H3;/q2*-1;. The molecular weight excluding hydrogens is 859 g/mol. The van der Waals surface area contributed by atoms with Gasteiger partial charge in [-0.15, -0.1) is 69.1 Å². The molecule has 0 aliphatic rings. The van der Waals surface area contributed by atoms with Crippen LogP contribution in [-0.4, -0.2) is 16.1 Å². The van der Waals surface area contributed by atoms with Crippen molar-refractivity contribution < 1.29 is 25.8 Å². The zero-order valence-electron chi connectivity index (χ0n) is 37.7. The quantitative estimate of drug-likeness (QED) is 0.122. The average molecular weight is 930 g/mol. The van der Waals surface area contributed by atoms with E-state index in [1.165, 1.54) is 76.4 Å². The van der Waals surface area contributed by atoms with Crippen molar-refractivity contribution in [1.82, 2.24) is 0 Å². The molecule has 0 spiro atoms. The molecule has 55 heavy (non-hydrogen) atoms. The average Bonchev–Trinajstić information content (AvgIpc) is 3.66. The van der Waals surface area contributed by atoms with Crippen LogP contribution in [0.25, 0.3) is 43.8 Å². The normalized spacial score (nSPS) is 13.1. The van der Waals surface area contributed by atoms with E-state index in [1.54, 1.807) is 0 Å². The molecule has 6 aromatic carbocycles. The van der Waals surface area contributed by atoms with Gasteiger partial charge in [-0.25, -0.2) is 0 Å². The van der Waals surface area contributed by atoms with Crippen molar-refractivity contribution in [1.29, 1.82) is 0 Å². The van der Waals surface area contributed by atoms with Gasteiger partial charge in [0.1, 0.15) is 0 Å². The molecule has 0 radical (unpaired) electrons. The predicted molar refractivity (Wildman–Crippen MR) is 251 cm³/mol. The van der Waals surface area contributed by atoms with Gasteiger partial charge in [0.15, 0.2) is 0 Å². The van der Waals surface area contributed by atoms with E-state index in [9.17, 15) is 0 Å². The number of benzene rings is 4. The molecule has 0 heterocycles. The minimum Gasteiger partial charge on any atom is -0.145 e. The Morgan fingerprint density at radius 1 is 0.364 bits per heavy atom. The molecule has 6 aromatic rings. The van der Waals surface area contributed by atoms with Crippen molar-refractivity contribution in [2.75, 3.05) is 0 Å². The van der Waals surface area contributed by atoms with Crippen molar-refractivity contribution in [3.05, 3.63) is 119 Å². The molecule has 0 amide bonds. The molecule has 0 N–H and O–H groups in total. The third kappa shape index (κ3) is 10.9. The van der Waals surface area contributed by atoms with Crippen molar-refractivity contribution in [3.8, 4) is 22.3 Å². The minimum atomic E-state index is -1.29. The Balaban J connectivity index is 0.000000240. The minimum absolute atomic E-state index is 0. The molecule has 0 nitrogen and oxygen atoms in total. The summed E-state index contributed by atoms with van der Waals surface area (Å²) in [4.78, 5) is 0. The van der Waals surface area contributed by atoms with Gasteiger partial charge in [0, 0.05) is 25.8 Å². The molecular formula is C52H70HfSi2-2. The van der Waals surface area contributed by atoms with Crippen LogP contribution in [-0.2, 0) is 47.5 Å². The molecule has 0 aromatic heterocycles. The molecule has 0 atom stereocenters. The van der Waals surface area contributed by atoms with Gasteiger partial charge in [-0.1, -0.05) is 205 Å². The summed E-state index contributed by atoms with van der Waals surface area (Å²) in [6.45, 7) is 42.2. The Morgan fingerprint density at radius 2 is 0.636 bits per heavy atom. The molecule has 0 aliphatic heterocycles. The predicted octanol–water partition coefficient (Wildman–Crippen LogP) is 14.7. The summed E-state index contributed by atoms with van der Waals surface area (Å²) in [5, 5.41) is 8.53. The maximum absolute atomic E-state index is 2.42. The first-order chi connectivity index (χ1) is 24.5. The summed E-state index contributed by atoms with van der Waals surface area (Å²) < 4.78 is 0. The maximum Gasteiger partial charge on any atom is 0.0759 e. The summed E-state index contributed by atoms with van der Waals surface area (Å²) in [7, 11) is -2.58. The van der Waals surface area contributed by atoms with E-state index in [4.69, 9.17) is 0 Å². The summed E-state index contributed by atoms with van der Waals surface area (Å²) >= 11 is 0. The van der Waals surface area contributed by atoms with Gasteiger partial charge in [-0.3, -0.25) is 0 Å². The molecule has 6 rings (SSSR count). The van der Waals surface area contributed by atoms with E-state index in [1.807, 2.05) is 0 Å². The molecule has 0 unspecified atom stereocenters. The van der Waals surface area contributed by atoms with Crippen LogP contribution in [0.3, 0.4) is 0 Å². The Kier molecular flexibility index (Phi) is 12.8. The van der Waals surface area contributed by atoms with E-state index in [-0.39, 0.29) is 47.5 Å². The van der Waals surface area contributed by atoms with Crippen molar-refractivity contribution in [2.45, 2.75) is 144 Å². The summed E-state index contributed by atoms with van der Waals surface area (Å²) in [5.41, 5.74) is 11.6. The van der Waals surface area contributed by atoms with Crippen LogP contribution < -0.4 is 10.4 Å². The van der Waals surface area contributed by atoms with Gasteiger partial charge in [0.05, 0.1) is 16.1 Å². The van der Waals surface area contributed by atoms with Crippen molar-refractivity contribution >= 4 is 48.1 Å². The zero-order valence-corrected chi connectivity index (χ0v) is 43.3. The Labute approximate surface area is 357 Å². The fraction of sp³-hybridized carbons (Fsp3) is 0.423. The second-order valence-electron chi connectivity index (χ2n) is 22.3. The zero-order chi connectivity index (χ0) is 40.4. The van der Waals surface area contributed by atoms with Crippen LogP contribution in [0.2, 0.25) is 39.3 Å². The van der Waals surface area contributed by atoms with E-state index < -0.39 is 16.1 Å². The van der Waals surface area contributed by atoms with Gasteiger partial charge in [-0.2, -0.15) is 0 Å². The second-order valence-corrected chi connectivity index (χ2v) is 32.4. The molecule has 0 saturated heterocycles. The third-order valence-corrected chi connectivity index (χ3v) is 15.2. The van der Waals surface area contributed by atoms with Gasteiger partial charge in [0.25, 0.3) is 0 Å². The molecule has 0 aliphatic carbocycles. The molecule has 3 heteroatoms. The summed E-state index contributed by atoms with van der Waals surface area (Å²) in [6.07, 6.45) is 0. The van der Waals surface area contributed by atoms with Crippen LogP contribution in [0.5, 0.6) is 0 Å². The van der Waals surface area contributed by atoms with E-state index in [0.717, 1.165) is 0 Å². The van der Waals surface area contributed by atoms with Crippen LogP contribution in [0.15, 0.2) is 97.1 Å². The molecule has 0 bridgehead atoms. The number of rotatable bonds is 4. The number of fused-ring (bicyclic) bond motifs is 2. The fourth-order valence-electron chi connectivity index (χ4n) is 7.00. The van der Waals surface area contributed by atoms with Crippen LogP contribution >= 0.6 is 0 Å². The summed E-state index contributed by atoms with van der Waals surface area (Å²) in [6, 6.07) is 38.0. The topological polar surface area (TPSA) is 0 Å². The Hall–Kier alpha value is -2.60. The SMILES string of the molecule is CC(C)(C)c1cc(-c2cc3cc([Si](C)(C)C)ccc3[cH-]2)cc(C(C)(C)C)c1.CC(C)(C)c1cc(-c2cc3cc([Si](C)(C)C)ccc3[cH-]2)cc(C(C)(C)C)c1.[Hf]. The first-order valence-corrected chi connectivity index (χ1v) is 27.2. The van der Waals surface area contributed by atoms with Gasteiger partial charge in [-0.05, 0) is 43.9 Å². The van der Waals surface area contributed by atoms with Crippen molar-refractivity contribution in [2.24, 2.45) is 0 Å². The van der Waals surface area contributed by atoms with Crippen LogP contribution in [0.1, 0.15) is 105 Å². The third-order valence-electron chi connectivity index (χ3n) is 11.1. The molecule has 292 valence electrons. The van der Waals surface area contributed by atoms with E-state index in [0.29, 0.717) is 0 Å². The first-order valence-electron chi connectivity index (χ1n) is 20.2. The largest absolute Gasteiger partial charge is 0.145 e. The van der Waals surface area contributed by atoms with Crippen molar-refractivity contribution in [3.63, 3.8) is 0 Å². The second kappa shape index (κ2) is 15.6. The fourth-order valence-corrected chi connectivity index (χ4v) is 9.35. The maximum atomic E-state index is 2.42. The number of hydrogen-bond acceptors (Lipinski definition) is 0.